The van der Waals surface area contributed by atoms with Crippen molar-refractivity contribution < 1.29 is 9.53 Å². The highest BCUT2D eigenvalue weighted by atomic mass is 16.5. The molecular weight excluding hydrogens is 376 g/mol. The number of likely N-dealkylation sites (N-methyl/N-ethyl adjacent to an activating group) is 1. The number of imidazole rings is 1. The van der Waals surface area contributed by atoms with Gasteiger partial charge in [0.05, 0.1) is 18.2 Å². The number of hydrogen-bond acceptors (Lipinski definition) is 4. The van der Waals surface area contributed by atoms with Crippen molar-refractivity contribution in [1.82, 2.24) is 20.2 Å². The van der Waals surface area contributed by atoms with Gasteiger partial charge in [-0.2, -0.15) is 0 Å². The van der Waals surface area contributed by atoms with Gasteiger partial charge in [0.2, 0.25) is 0 Å². The summed E-state index contributed by atoms with van der Waals surface area (Å²) in [6, 6.07) is 16.2. The van der Waals surface area contributed by atoms with E-state index >= 15 is 0 Å². The Balaban J connectivity index is 1.40. The van der Waals surface area contributed by atoms with Crippen molar-refractivity contribution in [1.29, 1.82) is 0 Å². The SMILES string of the molecule is CCN(C(=O)c1nc2c(OC)cccc2[nH]1)[C@]12CCC[C@]1(NCc1ccccc1)C2. The zero-order valence-electron chi connectivity index (χ0n) is 17.6. The van der Waals surface area contributed by atoms with Crippen molar-refractivity contribution in [3.8, 4) is 5.75 Å². The van der Waals surface area contributed by atoms with E-state index in [-0.39, 0.29) is 17.0 Å². The molecule has 0 saturated heterocycles. The van der Waals surface area contributed by atoms with Crippen LogP contribution in [0.15, 0.2) is 48.5 Å². The molecule has 2 N–H and O–H groups in total. The van der Waals surface area contributed by atoms with E-state index in [2.05, 4.69) is 46.5 Å². The van der Waals surface area contributed by atoms with Crippen LogP contribution < -0.4 is 10.1 Å². The van der Waals surface area contributed by atoms with Gasteiger partial charge >= 0.3 is 0 Å². The number of amides is 1. The van der Waals surface area contributed by atoms with Gasteiger partial charge in [0.15, 0.2) is 5.82 Å². The van der Waals surface area contributed by atoms with Crippen molar-refractivity contribution in [2.24, 2.45) is 0 Å². The van der Waals surface area contributed by atoms with E-state index in [0.717, 1.165) is 37.7 Å². The number of carbonyl (C=O) groups excluding carboxylic acids is 1. The van der Waals surface area contributed by atoms with Gasteiger partial charge in [0.1, 0.15) is 11.3 Å². The molecule has 0 radical (unpaired) electrons. The number of rotatable bonds is 7. The second kappa shape index (κ2) is 7.13. The first-order chi connectivity index (χ1) is 14.6. The van der Waals surface area contributed by atoms with Crippen LogP contribution in [-0.4, -0.2) is 45.5 Å². The summed E-state index contributed by atoms with van der Waals surface area (Å²) in [6.07, 6.45) is 4.30. The monoisotopic (exact) mass is 404 g/mol. The highest BCUT2D eigenvalue weighted by molar-refractivity contribution is 5.96. The van der Waals surface area contributed by atoms with Crippen molar-refractivity contribution in [3.05, 3.63) is 59.9 Å². The van der Waals surface area contributed by atoms with Gasteiger partial charge in [0.25, 0.3) is 5.91 Å². The fraction of sp³-hybridized carbons (Fsp3) is 0.417. The molecule has 5 rings (SSSR count). The molecule has 2 aliphatic carbocycles. The molecule has 0 unspecified atom stereocenters. The molecule has 2 atom stereocenters. The second-order valence-electron chi connectivity index (χ2n) is 8.47. The minimum Gasteiger partial charge on any atom is -0.494 e. The molecule has 6 heteroatoms. The fourth-order valence-corrected chi connectivity index (χ4v) is 5.50. The summed E-state index contributed by atoms with van der Waals surface area (Å²) < 4.78 is 5.41. The molecule has 0 bridgehead atoms. The summed E-state index contributed by atoms with van der Waals surface area (Å²) in [5.41, 5.74) is 2.70. The third-order valence-corrected chi connectivity index (χ3v) is 7.00. The van der Waals surface area contributed by atoms with E-state index in [4.69, 9.17) is 4.74 Å². The van der Waals surface area contributed by atoms with Crippen LogP contribution in [0.25, 0.3) is 11.0 Å². The minimum absolute atomic E-state index is 0.0121. The van der Waals surface area contributed by atoms with Crippen LogP contribution in [0.5, 0.6) is 5.75 Å². The normalized spacial score (nSPS) is 24.6. The number of carbonyl (C=O) groups is 1. The molecule has 2 fully saturated rings. The van der Waals surface area contributed by atoms with E-state index in [1.807, 2.05) is 29.2 Å². The maximum Gasteiger partial charge on any atom is 0.290 e. The minimum atomic E-state index is -0.114. The quantitative estimate of drug-likeness (QED) is 0.627. The molecule has 2 aromatic carbocycles. The number of fused-ring (bicyclic) bond motifs is 2. The van der Waals surface area contributed by atoms with Gasteiger partial charge < -0.3 is 19.9 Å². The van der Waals surface area contributed by atoms with Gasteiger partial charge in [0, 0.05) is 18.6 Å². The third kappa shape index (κ3) is 2.82. The van der Waals surface area contributed by atoms with Crippen LogP contribution in [0.1, 0.15) is 48.8 Å². The van der Waals surface area contributed by atoms with Crippen molar-refractivity contribution in [3.63, 3.8) is 0 Å². The summed E-state index contributed by atoms with van der Waals surface area (Å²) in [6.45, 7) is 3.56. The number of hydrogen-bond donors (Lipinski definition) is 2. The Morgan fingerprint density at radius 2 is 2.03 bits per heavy atom. The predicted molar refractivity (Wildman–Crippen MR) is 117 cm³/mol. The second-order valence-corrected chi connectivity index (χ2v) is 8.47. The van der Waals surface area contributed by atoms with Crippen LogP contribution in [-0.2, 0) is 6.54 Å². The van der Waals surface area contributed by atoms with Crippen molar-refractivity contribution in [2.75, 3.05) is 13.7 Å². The van der Waals surface area contributed by atoms with E-state index < -0.39 is 0 Å². The predicted octanol–water partition coefficient (Wildman–Crippen LogP) is 3.89. The van der Waals surface area contributed by atoms with Crippen LogP contribution in [0.3, 0.4) is 0 Å². The summed E-state index contributed by atoms with van der Waals surface area (Å²) in [7, 11) is 1.62. The first kappa shape index (κ1) is 19.1. The summed E-state index contributed by atoms with van der Waals surface area (Å²) in [5, 5.41) is 3.81. The molecule has 30 heavy (non-hydrogen) atoms. The van der Waals surface area contributed by atoms with Crippen LogP contribution >= 0.6 is 0 Å². The number of aromatic amines is 1. The first-order valence-corrected chi connectivity index (χ1v) is 10.8. The smallest absolute Gasteiger partial charge is 0.290 e. The molecular formula is C24H28N4O2. The Bertz CT molecular complexity index is 1080. The Kier molecular flexibility index (Phi) is 4.54. The topological polar surface area (TPSA) is 70.2 Å². The highest BCUT2D eigenvalue weighted by Gasteiger charge is 2.73. The number of ether oxygens (including phenoxy) is 1. The molecule has 2 saturated carbocycles. The summed E-state index contributed by atoms with van der Waals surface area (Å²) >= 11 is 0. The maximum absolute atomic E-state index is 13.5. The van der Waals surface area contributed by atoms with Gasteiger partial charge in [-0.05, 0) is 50.3 Å². The largest absolute Gasteiger partial charge is 0.494 e. The van der Waals surface area contributed by atoms with Crippen LogP contribution in [0.2, 0.25) is 0 Å². The summed E-state index contributed by atoms with van der Waals surface area (Å²) in [5.74, 6) is 1.04. The number of aromatic nitrogens is 2. The van der Waals surface area contributed by atoms with E-state index in [9.17, 15) is 4.79 Å². The Labute approximate surface area is 176 Å². The lowest BCUT2D eigenvalue weighted by atomic mass is 10.1. The Morgan fingerprint density at radius 1 is 1.20 bits per heavy atom. The van der Waals surface area contributed by atoms with Crippen LogP contribution in [0.4, 0.5) is 0 Å². The molecule has 156 valence electrons. The van der Waals surface area contributed by atoms with Crippen LogP contribution in [0, 0.1) is 0 Å². The van der Waals surface area contributed by atoms with Gasteiger partial charge in [-0.25, -0.2) is 4.98 Å². The van der Waals surface area contributed by atoms with E-state index in [1.165, 1.54) is 5.56 Å². The van der Waals surface area contributed by atoms with E-state index in [1.54, 1.807) is 7.11 Å². The molecule has 2 aliphatic rings. The number of nitrogens with one attached hydrogen (secondary N) is 2. The number of benzene rings is 2. The Morgan fingerprint density at radius 3 is 2.80 bits per heavy atom. The highest BCUT2D eigenvalue weighted by Crippen LogP contribution is 2.63. The number of nitrogens with zero attached hydrogens (tertiary/aromatic N) is 2. The van der Waals surface area contributed by atoms with Gasteiger partial charge in [-0.15, -0.1) is 0 Å². The lowest BCUT2D eigenvalue weighted by Gasteiger charge is -2.32. The van der Waals surface area contributed by atoms with Gasteiger partial charge in [-0.3, -0.25) is 4.79 Å². The molecule has 1 heterocycles. The molecule has 0 aliphatic heterocycles. The zero-order chi connectivity index (χ0) is 20.8. The number of methoxy groups -OCH3 is 1. The fourth-order valence-electron chi connectivity index (χ4n) is 5.50. The van der Waals surface area contributed by atoms with Crippen molar-refractivity contribution >= 4 is 16.9 Å². The molecule has 0 spiro atoms. The maximum atomic E-state index is 13.5. The number of para-hydroxylation sites is 1. The zero-order valence-corrected chi connectivity index (χ0v) is 17.6. The molecule has 1 amide bonds. The molecule has 3 aromatic rings. The summed E-state index contributed by atoms with van der Waals surface area (Å²) in [4.78, 5) is 23.4. The van der Waals surface area contributed by atoms with E-state index in [0.29, 0.717) is 23.6 Å². The third-order valence-electron chi connectivity index (χ3n) is 7.00. The average molecular weight is 405 g/mol. The lowest BCUT2D eigenvalue weighted by molar-refractivity contribution is 0.0625. The number of H-pyrrole nitrogens is 1. The first-order valence-electron chi connectivity index (χ1n) is 10.8. The lowest BCUT2D eigenvalue weighted by Crippen LogP contribution is -2.49. The average Bonchev–Trinajstić information content (AvgIpc) is 3.07. The Hall–Kier alpha value is -2.86. The standard InChI is InChI=1S/C24H28N4O2/c1-3-28(22(29)21-26-18-11-7-12-19(30-2)20(18)27-21)24-14-8-13-23(24,16-24)25-15-17-9-5-4-6-10-17/h4-7,9-12,25H,3,8,13-16H2,1-2H3,(H,26,27)/t23-,24-/m0/s1. The molecule has 6 nitrogen and oxygen atoms in total. The van der Waals surface area contributed by atoms with Crippen molar-refractivity contribution in [2.45, 2.75) is 50.2 Å². The molecule has 1 aromatic heterocycles. The van der Waals surface area contributed by atoms with Gasteiger partial charge in [-0.1, -0.05) is 36.4 Å².